The van der Waals surface area contributed by atoms with E-state index in [1.165, 1.54) is 19.6 Å². The van der Waals surface area contributed by atoms with Gasteiger partial charge in [0.2, 0.25) is 5.91 Å². The largest absolute Gasteiger partial charge is 0.493 e. The first-order valence-electron chi connectivity index (χ1n) is 46.0. The first-order valence-corrected chi connectivity index (χ1v) is 46.0. The number of ether oxygens (including phenoxy) is 10. The van der Waals surface area contributed by atoms with Gasteiger partial charge in [-0.3, -0.25) is 91.5 Å². The van der Waals surface area contributed by atoms with Crippen molar-refractivity contribution in [3.63, 3.8) is 0 Å². The Morgan fingerprint density at radius 3 is 1.01 bits per heavy atom. The molecule has 2 N–H and O–H groups in total. The number of nitrogens with zero attached hydrogens (tertiary/aromatic N) is 7. The second kappa shape index (κ2) is 54.2. The lowest BCUT2D eigenvalue weighted by molar-refractivity contribution is -0.197. The van der Waals surface area contributed by atoms with Crippen molar-refractivity contribution < 1.29 is 129 Å². The lowest BCUT2D eigenvalue weighted by Crippen LogP contribution is -2.45. The molecule has 0 aliphatic carbocycles. The van der Waals surface area contributed by atoms with Crippen LogP contribution in [-0.2, 0) is 76.3 Å². The van der Waals surface area contributed by atoms with Gasteiger partial charge in [-0.05, 0) is 159 Å². The number of imide groups is 5. The molecule has 0 atom stereocenters. The quantitative estimate of drug-likeness (QED) is 0.0272. The maximum atomic E-state index is 13.7. The third-order valence-corrected chi connectivity index (χ3v) is 22.8. The molecule has 0 unspecified atom stereocenters. The Bertz CT molecular complexity index is 4500. The monoisotopic (exact) mass is 1840 g/mol. The van der Waals surface area contributed by atoms with E-state index in [1.54, 1.807) is 66.7 Å². The number of hydrogen-bond donors (Lipinski definition) is 2. The molecule has 36 nitrogen and oxygen atoms in total. The molecule has 0 spiro atoms. The molecule has 0 radical (unpaired) electrons. The molecule has 12 amide bonds. The van der Waals surface area contributed by atoms with Gasteiger partial charge in [0.25, 0.3) is 65.0 Å². The summed E-state index contributed by atoms with van der Waals surface area (Å²) in [7, 11) is 7.40. The van der Waals surface area contributed by atoms with Crippen LogP contribution in [0.2, 0.25) is 0 Å². The van der Waals surface area contributed by atoms with Crippen LogP contribution in [0.5, 0.6) is 11.5 Å². The predicted molar refractivity (Wildman–Crippen MR) is 480 cm³/mol. The second-order valence-corrected chi connectivity index (χ2v) is 33.3. The van der Waals surface area contributed by atoms with E-state index < -0.39 is 65.0 Å². The number of nitrogens with one attached hydrogen (secondary N) is 2. The first kappa shape index (κ1) is 103. The van der Waals surface area contributed by atoms with E-state index in [2.05, 4.69) is 10.6 Å². The van der Waals surface area contributed by atoms with Crippen LogP contribution in [0.1, 0.15) is 247 Å². The number of hydrogen-bond acceptors (Lipinski definition) is 29. The zero-order chi connectivity index (χ0) is 94.3. The second-order valence-electron chi connectivity index (χ2n) is 33.3. The van der Waals surface area contributed by atoms with Crippen LogP contribution in [0.15, 0.2) is 66.7 Å². The van der Waals surface area contributed by atoms with Crippen LogP contribution < -0.4 is 20.1 Å². The van der Waals surface area contributed by atoms with Crippen molar-refractivity contribution in [2.45, 2.75) is 154 Å². The minimum Gasteiger partial charge on any atom is -0.493 e. The van der Waals surface area contributed by atoms with Gasteiger partial charge in [-0.25, -0.2) is 4.79 Å². The maximum Gasteiger partial charge on any atom is 0.333 e. The first-order chi connectivity index (χ1) is 63.9. The Labute approximate surface area is 768 Å². The van der Waals surface area contributed by atoms with Gasteiger partial charge in [0.05, 0.1) is 112 Å². The lowest BCUT2D eigenvalue weighted by Gasteiger charge is -2.32. The molecule has 36 heteroatoms. The number of benzene rings is 5. The third-order valence-electron chi connectivity index (χ3n) is 22.8. The van der Waals surface area contributed by atoms with Gasteiger partial charge in [0, 0.05) is 201 Å². The third kappa shape index (κ3) is 30.5. The smallest absolute Gasteiger partial charge is 0.333 e. The number of ketones is 3. The summed E-state index contributed by atoms with van der Waals surface area (Å²) in [4.78, 5) is 222. The highest BCUT2D eigenvalue weighted by Crippen LogP contribution is 2.40. The van der Waals surface area contributed by atoms with E-state index in [1.807, 2.05) is 38.0 Å². The summed E-state index contributed by atoms with van der Waals surface area (Å²) in [5.41, 5.74) is 2.53. The summed E-state index contributed by atoms with van der Waals surface area (Å²) in [6.45, 7) is 7.95. The number of unbranched alkanes of at least 4 members (excludes halogenated alkanes) is 8. The van der Waals surface area contributed by atoms with Gasteiger partial charge >= 0.3 is 5.97 Å². The fraction of sp³-hybridized carbons (Fsp3) is 0.562. The SMILES string of the molecule is CN(C)CCN1C(=O)c2ccc3c4c(ccc(c24)C1=O)C(=O)N(CCCCCC(=O)CCCOCCOCCOCCOCCC(=O)CCCCOc1cc(OCCCCC(=O)CCOCCOCCOCCOCCNC(=O)CCCCCN2C(=O)c4ccc5c6c(ccc(c46)C2=O)C(=O)N(CCN(C)C)C5=O)cc(C(=O)NCCCCCC(=O)ON2C(=O)CCC2=O)c1)C3=O. The van der Waals surface area contributed by atoms with Gasteiger partial charge in [0.1, 0.15) is 28.8 Å². The van der Waals surface area contributed by atoms with Crippen molar-refractivity contribution in [2.75, 3.05) is 199 Å². The van der Waals surface area contributed by atoms with Gasteiger partial charge in [0.15, 0.2) is 0 Å². The van der Waals surface area contributed by atoms with Crippen LogP contribution in [0.4, 0.5) is 0 Å². The van der Waals surface area contributed by atoms with Crippen LogP contribution in [0.25, 0.3) is 21.5 Å². The van der Waals surface area contributed by atoms with Crippen molar-refractivity contribution >= 4 is 116 Å². The molecule has 5 aliphatic heterocycles. The molecule has 5 aliphatic rings. The Morgan fingerprint density at radius 2 is 0.621 bits per heavy atom. The Morgan fingerprint density at radius 1 is 0.303 bits per heavy atom. The van der Waals surface area contributed by atoms with Gasteiger partial charge in [-0.1, -0.05) is 19.3 Å². The number of rotatable bonds is 69. The average Bonchev–Trinajstić information content (AvgIpc) is 0.751. The summed E-state index contributed by atoms with van der Waals surface area (Å²) in [5.74, 6) is -5.12. The van der Waals surface area contributed by atoms with Gasteiger partial charge in [-0.15, -0.1) is 5.06 Å². The van der Waals surface area contributed by atoms with E-state index in [9.17, 15) is 76.7 Å². The lowest BCUT2D eigenvalue weighted by atomic mass is 9.86. The summed E-state index contributed by atoms with van der Waals surface area (Å²) in [6.07, 6.45) is 9.77. The van der Waals surface area contributed by atoms with Crippen LogP contribution in [0, 0.1) is 0 Å². The van der Waals surface area contributed by atoms with Crippen molar-refractivity contribution in [2.24, 2.45) is 0 Å². The molecular weight excluding hydrogens is 1710 g/mol. The number of carbonyl (C=O) groups excluding carboxylic acids is 16. The van der Waals surface area contributed by atoms with Crippen LogP contribution in [0.3, 0.4) is 0 Å². The molecule has 1 fully saturated rings. The summed E-state index contributed by atoms with van der Waals surface area (Å²) in [5, 5.41) is 7.59. The molecule has 716 valence electrons. The van der Waals surface area contributed by atoms with Crippen molar-refractivity contribution in [1.82, 2.24) is 45.1 Å². The molecular formula is C96H125N9O27. The molecule has 0 aromatic heterocycles. The number of amides is 12. The number of hydroxylamine groups is 2. The minimum atomic E-state index is -0.691. The highest BCUT2D eigenvalue weighted by Gasteiger charge is 2.42. The molecule has 0 bridgehead atoms. The zero-order valence-corrected chi connectivity index (χ0v) is 76.4. The summed E-state index contributed by atoms with van der Waals surface area (Å²) in [6, 6.07) is 17.4. The Kier molecular flexibility index (Phi) is 42.3. The standard InChI is InChI=1S/C96H125N9O27/c1-99(2)41-43-103-93(118)76-29-25-72-84-73(26-30-77(86(76)84)94(103)119)90(115)101(89(72)114)39-14-6-8-19-67(106)22-18-45-122-51-55-126-59-60-127-56-52-123-48-35-68(107)20-11-16-46-130-70-63-66(88(113)98-37-13-5-10-24-83(112)132-105-81(110)33-34-82(105)111)64-71(65-70)131-47-17-12-21-69(108)36-49-124-53-57-128-61-62-129-58-54-125-50-38-97-80(109)23-9-7-15-40-102-91(116)74-27-31-78-87-79(32-28-75(85(74)87)92(102)117)96(121)104(95(78)120)44-42-100(3)4/h25-32,63-65H,5-24,33-62H2,1-4H3,(H,97,109)(H,98,113). The Hall–Kier alpha value is -11.1. The van der Waals surface area contributed by atoms with Crippen molar-refractivity contribution in [3.8, 4) is 11.5 Å². The zero-order valence-electron chi connectivity index (χ0n) is 76.4. The maximum absolute atomic E-state index is 13.7. The molecule has 5 aromatic rings. The number of Topliss-reactive ketones (excluding diaryl/α,β-unsaturated/α-hetero) is 3. The number of carbonyl (C=O) groups is 16. The van der Waals surface area contributed by atoms with E-state index in [0.717, 1.165) is 0 Å². The Balaban J connectivity index is 0.497. The average molecular weight is 1840 g/mol. The normalized spacial score (nSPS) is 14.1. The molecule has 5 aromatic carbocycles. The van der Waals surface area contributed by atoms with Gasteiger partial charge < -0.3 is 72.6 Å². The highest BCUT2D eigenvalue weighted by atomic mass is 16.7. The van der Waals surface area contributed by atoms with E-state index in [0.29, 0.717) is 277 Å². The topological polar surface area (TPSA) is 421 Å². The molecule has 10 rings (SSSR count). The van der Waals surface area contributed by atoms with Crippen molar-refractivity contribution in [1.29, 1.82) is 0 Å². The van der Waals surface area contributed by atoms with E-state index in [-0.39, 0.29) is 166 Å². The number of likely N-dealkylation sites (N-methyl/N-ethyl adjacent to an activating group) is 2. The van der Waals surface area contributed by atoms with Gasteiger partial charge in [-0.2, -0.15) is 0 Å². The summed E-state index contributed by atoms with van der Waals surface area (Å²) >= 11 is 0. The molecule has 132 heavy (non-hydrogen) atoms. The fourth-order valence-corrected chi connectivity index (χ4v) is 15.6. The summed E-state index contributed by atoms with van der Waals surface area (Å²) < 4.78 is 56.9. The fourth-order valence-electron chi connectivity index (χ4n) is 15.6. The van der Waals surface area contributed by atoms with E-state index >= 15 is 0 Å². The van der Waals surface area contributed by atoms with E-state index in [4.69, 9.17) is 52.2 Å². The van der Waals surface area contributed by atoms with Crippen molar-refractivity contribution in [3.05, 3.63) is 117 Å². The highest BCUT2D eigenvalue weighted by molar-refractivity contribution is 6.35. The van der Waals surface area contributed by atoms with Crippen LogP contribution in [-0.4, -0.2) is 328 Å². The predicted octanol–water partition coefficient (Wildman–Crippen LogP) is 8.53. The minimum absolute atomic E-state index is 0.000128. The molecule has 5 heterocycles. The van der Waals surface area contributed by atoms with Crippen LogP contribution >= 0.6 is 0 Å². The molecule has 1 saturated heterocycles. The molecule has 0 saturated carbocycles.